The number of aliphatic hydroxyl groups is 1. The van der Waals surface area contributed by atoms with Crippen LogP contribution in [0.15, 0.2) is 48.5 Å². The molecule has 0 bridgehead atoms. The van der Waals surface area contributed by atoms with Crippen molar-refractivity contribution in [3.63, 3.8) is 0 Å². The van der Waals surface area contributed by atoms with E-state index in [1.54, 1.807) is 0 Å². The molecule has 0 saturated heterocycles. The van der Waals surface area contributed by atoms with Crippen LogP contribution >= 0.6 is 22.7 Å². The maximum absolute atomic E-state index is 11.0. The van der Waals surface area contributed by atoms with Crippen molar-refractivity contribution >= 4 is 43.1 Å². The molecule has 106 valence electrons. The molecule has 0 fully saturated rings. The second-order valence-corrected chi connectivity index (χ2v) is 6.89. The highest BCUT2D eigenvalue weighted by atomic mass is 32.1. The average Bonchev–Trinajstić information content (AvgIpc) is 3.18. The molecule has 1 N–H and O–H groups in total. The Kier molecular flexibility index (Phi) is 2.98. The minimum absolute atomic E-state index is 0.482. The molecule has 0 unspecified atom stereocenters. The van der Waals surface area contributed by atoms with Gasteiger partial charge in [-0.05, 0) is 24.3 Å². The van der Waals surface area contributed by atoms with Crippen LogP contribution in [0.2, 0.25) is 0 Å². The summed E-state index contributed by atoms with van der Waals surface area (Å²) in [7, 11) is 0. The molecule has 0 aliphatic heterocycles. The van der Waals surface area contributed by atoms with Gasteiger partial charge in [0, 0.05) is 0 Å². The van der Waals surface area contributed by atoms with Gasteiger partial charge in [0.25, 0.3) is 0 Å². The molecule has 4 aromatic rings. The smallest absolute Gasteiger partial charge is 0.230 e. The number of thiazole rings is 2. The van der Waals surface area contributed by atoms with E-state index in [2.05, 4.69) is 15.9 Å². The fourth-order valence-corrected chi connectivity index (χ4v) is 4.37. The predicted octanol–water partition coefficient (Wildman–Crippen LogP) is 3.78. The van der Waals surface area contributed by atoms with E-state index >= 15 is 0 Å². The van der Waals surface area contributed by atoms with Gasteiger partial charge in [0.15, 0.2) is 0 Å². The van der Waals surface area contributed by atoms with E-state index in [4.69, 9.17) is 6.42 Å². The summed E-state index contributed by atoms with van der Waals surface area (Å²) in [5, 5.41) is 12.0. The third kappa shape index (κ3) is 1.93. The Morgan fingerprint density at radius 3 is 1.73 bits per heavy atom. The monoisotopic (exact) mass is 322 g/mol. The molecule has 2 heterocycles. The maximum atomic E-state index is 11.0. The molecule has 3 nitrogen and oxygen atoms in total. The highest BCUT2D eigenvalue weighted by Crippen LogP contribution is 2.38. The van der Waals surface area contributed by atoms with Gasteiger partial charge in [-0.15, -0.1) is 29.1 Å². The summed E-state index contributed by atoms with van der Waals surface area (Å²) in [4.78, 5) is 8.99. The number of rotatable bonds is 2. The SMILES string of the molecule is C#CC(O)(c1nc2ccccc2s1)c1nc2ccccc2s1. The normalized spacial score (nSPS) is 11.8. The zero-order chi connectivity index (χ0) is 15.2. The van der Waals surface area contributed by atoms with E-state index in [-0.39, 0.29) is 0 Å². The molecule has 0 atom stereocenters. The zero-order valence-corrected chi connectivity index (χ0v) is 13.0. The topological polar surface area (TPSA) is 46.0 Å². The molecule has 0 amide bonds. The number of aromatic nitrogens is 2. The summed E-state index contributed by atoms with van der Waals surface area (Å²) in [6.45, 7) is 0. The Bertz CT molecular complexity index is 886. The van der Waals surface area contributed by atoms with Crippen molar-refractivity contribution in [1.29, 1.82) is 0 Å². The first-order chi connectivity index (χ1) is 10.7. The van der Waals surface area contributed by atoms with Gasteiger partial charge in [-0.1, -0.05) is 30.2 Å². The molecule has 0 spiro atoms. The number of benzene rings is 2. The van der Waals surface area contributed by atoms with E-state index in [1.807, 2.05) is 48.5 Å². The second-order valence-electron chi connectivity index (χ2n) is 4.83. The summed E-state index contributed by atoms with van der Waals surface area (Å²) in [6, 6.07) is 15.5. The van der Waals surface area contributed by atoms with Crippen LogP contribution in [0.25, 0.3) is 20.4 Å². The van der Waals surface area contributed by atoms with Gasteiger partial charge in [0.1, 0.15) is 10.0 Å². The van der Waals surface area contributed by atoms with E-state index in [0.717, 1.165) is 20.4 Å². The van der Waals surface area contributed by atoms with Gasteiger partial charge in [-0.2, -0.15) is 0 Å². The molecule has 4 rings (SSSR count). The third-order valence-electron chi connectivity index (χ3n) is 3.42. The van der Waals surface area contributed by atoms with Crippen molar-refractivity contribution < 1.29 is 5.11 Å². The number of hydrogen-bond donors (Lipinski definition) is 1. The van der Waals surface area contributed by atoms with Crippen LogP contribution in [-0.4, -0.2) is 15.1 Å². The number of nitrogens with zero attached hydrogens (tertiary/aromatic N) is 2. The van der Waals surface area contributed by atoms with Crippen molar-refractivity contribution in [3.05, 3.63) is 58.5 Å². The fraction of sp³-hybridized carbons (Fsp3) is 0.0588. The first kappa shape index (κ1) is 13.4. The highest BCUT2D eigenvalue weighted by Gasteiger charge is 2.36. The third-order valence-corrected chi connectivity index (χ3v) is 5.71. The van der Waals surface area contributed by atoms with Gasteiger partial charge < -0.3 is 5.11 Å². The lowest BCUT2D eigenvalue weighted by Gasteiger charge is -2.15. The molecule has 0 saturated carbocycles. The lowest BCUT2D eigenvalue weighted by molar-refractivity contribution is 0.145. The van der Waals surface area contributed by atoms with Crippen molar-refractivity contribution in [2.45, 2.75) is 5.60 Å². The quantitative estimate of drug-likeness (QED) is 0.571. The predicted molar refractivity (Wildman–Crippen MR) is 91.1 cm³/mol. The van der Waals surface area contributed by atoms with Gasteiger partial charge in [0.05, 0.1) is 20.4 Å². The Morgan fingerprint density at radius 2 is 1.32 bits per heavy atom. The van der Waals surface area contributed by atoms with Crippen LogP contribution in [0, 0.1) is 12.3 Å². The highest BCUT2D eigenvalue weighted by molar-refractivity contribution is 7.20. The number of terminal acetylenes is 1. The van der Waals surface area contributed by atoms with Crippen molar-refractivity contribution in [3.8, 4) is 12.3 Å². The summed E-state index contributed by atoms with van der Waals surface area (Å²) < 4.78 is 1.99. The Balaban J connectivity index is 1.93. The molecule has 5 heteroatoms. The number of hydrogen-bond acceptors (Lipinski definition) is 5. The zero-order valence-electron chi connectivity index (χ0n) is 11.4. The Hall–Kier alpha value is -2.26. The van der Waals surface area contributed by atoms with Gasteiger partial charge in [0.2, 0.25) is 5.60 Å². The van der Waals surface area contributed by atoms with Crippen LogP contribution in [0.5, 0.6) is 0 Å². The first-order valence-corrected chi connectivity index (χ1v) is 8.26. The van der Waals surface area contributed by atoms with Crippen LogP contribution in [0.4, 0.5) is 0 Å². The second kappa shape index (κ2) is 4.89. The van der Waals surface area contributed by atoms with Gasteiger partial charge >= 0.3 is 0 Å². The fourth-order valence-electron chi connectivity index (χ4n) is 2.27. The maximum Gasteiger partial charge on any atom is 0.230 e. The molecule has 0 aliphatic carbocycles. The molecule has 2 aromatic carbocycles. The summed E-state index contributed by atoms with van der Waals surface area (Å²) in [5.74, 6) is 2.48. The first-order valence-electron chi connectivity index (χ1n) is 6.63. The van der Waals surface area contributed by atoms with E-state index in [9.17, 15) is 5.11 Å². The molecule has 22 heavy (non-hydrogen) atoms. The molecule has 0 radical (unpaired) electrons. The van der Waals surface area contributed by atoms with E-state index in [0.29, 0.717) is 10.0 Å². The average molecular weight is 322 g/mol. The molecule has 0 aliphatic rings. The lowest BCUT2D eigenvalue weighted by Crippen LogP contribution is -2.24. The summed E-state index contributed by atoms with van der Waals surface area (Å²) >= 11 is 2.79. The van der Waals surface area contributed by atoms with Gasteiger partial charge in [-0.25, -0.2) is 9.97 Å². The van der Waals surface area contributed by atoms with Crippen LogP contribution in [-0.2, 0) is 5.60 Å². The number of para-hydroxylation sites is 2. The summed E-state index contributed by atoms with van der Waals surface area (Å²) in [5.41, 5.74) is 0.0717. The summed E-state index contributed by atoms with van der Waals surface area (Å²) in [6.07, 6.45) is 5.65. The van der Waals surface area contributed by atoms with Crippen molar-refractivity contribution in [2.75, 3.05) is 0 Å². The van der Waals surface area contributed by atoms with Crippen LogP contribution in [0.1, 0.15) is 10.0 Å². The Morgan fingerprint density at radius 1 is 0.864 bits per heavy atom. The minimum Gasteiger partial charge on any atom is -0.366 e. The molecular formula is C17H10N2OS2. The minimum atomic E-state index is -1.59. The van der Waals surface area contributed by atoms with E-state index in [1.165, 1.54) is 22.7 Å². The lowest BCUT2D eigenvalue weighted by atomic mass is 10.1. The van der Waals surface area contributed by atoms with Crippen LogP contribution in [0.3, 0.4) is 0 Å². The molecule has 2 aromatic heterocycles. The Labute approximate surface area is 134 Å². The standard InChI is InChI=1S/C17H10N2OS2/c1-2-17(20,15-18-11-7-3-5-9-13(11)21-15)16-19-12-8-4-6-10-14(12)22-16/h1,3-10,20H. The van der Waals surface area contributed by atoms with Crippen molar-refractivity contribution in [1.82, 2.24) is 9.97 Å². The van der Waals surface area contributed by atoms with Gasteiger partial charge in [-0.3, -0.25) is 0 Å². The van der Waals surface area contributed by atoms with E-state index < -0.39 is 5.60 Å². The molecular weight excluding hydrogens is 312 g/mol. The van der Waals surface area contributed by atoms with Crippen molar-refractivity contribution in [2.24, 2.45) is 0 Å². The number of fused-ring (bicyclic) bond motifs is 2. The van der Waals surface area contributed by atoms with Crippen LogP contribution < -0.4 is 0 Å². The largest absolute Gasteiger partial charge is 0.366 e.